The van der Waals surface area contributed by atoms with Crippen LogP contribution in [0.25, 0.3) is 0 Å². The molecule has 1 atom stereocenters. The van der Waals surface area contributed by atoms with E-state index in [9.17, 15) is 4.79 Å². The minimum Gasteiger partial charge on any atom is -0.492 e. The Morgan fingerprint density at radius 3 is 3.06 bits per heavy atom. The molecule has 0 radical (unpaired) electrons. The van der Waals surface area contributed by atoms with Crippen LogP contribution in [-0.4, -0.2) is 17.4 Å². The van der Waals surface area contributed by atoms with Crippen LogP contribution in [0.3, 0.4) is 0 Å². The second kappa shape index (κ2) is 5.10. The summed E-state index contributed by atoms with van der Waals surface area (Å²) in [6, 6.07) is 1.95. The molecule has 16 heavy (non-hydrogen) atoms. The van der Waals surface area contributed by atoms with E-state index in [0.717, 1.165) is 30.6 Å². The van der Waals surface area contributed by atoms with Crippen LogP contribution >= 0.6 is 0 Å². The highest BCUT2D eigenvalue weighted by Gasteiger charge is 2.26. The van der Waals surface area contributed by atoms with E-state index in [1.165, 1.54) is 0 Å². The largest absolute Gasteiger partial charge is 0.492 e. The van der Waals surface area contributed by atoms with Crippen LogP contribution in [-0.2, 0) is 4.79 Å². The average Bonchev–Trinajstić information content (AvgIpc) is 2.73. The van der Waals surface area contributed by atoms with Crippen molar-refractivity contribution in [2.24, 2.45) is 0 Å². The van der Waals surface area contributed by atoms with Gasteiger partial charge in [0.2, 0.25) is 0 Å². The number of hydrogen-bond donors (Lipinski definition) is 0. The molecule has 1 unspecified atom stereocenters. The van der Waals surface area contributed by atoms with Crippen molar-refractivity contribution < 1.29 is 9.53 Å². The lowest BCUT2D eigenvalue weighted by molar-refractivity contribution is -0.118. The number of carbonyl (C=O) groups is 1. The molecule has 1 saturated carbocycles. The van der Waals surface area contributed by atoms with Crippen LogP contribution < -0.4 is 4.74 Å². The van der Waals surface area contributed by atoms with Crippen LogP contribution in [0.2, 0.25) is 0 Å². The number of aromatic nitrogens is 1. The SMILES string of the molecule is CCCOc1cncc(C2CCCC2=O)c1. The van der Waals surface area contributed by atoms with Crippen molar-refractivity contribution in [2.75, 3.05) is 6.61 Å². The summed E-state index contributed by atoms with van der Waals surface area (Å²) < 4.78 is 5.52. The van der Waals surface area contributed by atoms with Gasteiger partial charge in [-0.2, -0.15) is 0 Å². The number of nitrogens with zero attached hydrogens (tertiary/aromatic N) is 1. The first-order valence-electron chi connectivity index (χ1n) is 5.91. The van der Waals surface area contributed by atoms with Gasteiger partial charge in [-0.3, -0.25) is 9.78 Å². The van der Waals surface area contributed by atoms with Crippen LogP contribution in [0.4, 0.5) is 0 Å². The van der Waals surface area contributed by atoms with Gasteiger partial charge in [-0.15, -0.1) is 0 Å². The maximum atomic E-state index is 11.6. The third kappa shape index (κ3) is 2.40. The predicted molar refractivity (Wildman–Crippen MR) is 61.6 cm³/mol. The normalized spacial score (nSPS) is 20.1. The third-order valence-electron chi connectivity index (χ3n) is 2.91. The molecule has 1 aromatic rings. The standard InChI is InChI=1S/C13H17NO2/c1-2-6-16-11-7-10(8-14-9-11)12-4-3-5-13(12)15/h7-9,12H,2-6H2,1H3. The first-order valence-corrected chi connectivity index (χ1v) is 5.91. The molecule has 1 aromatic heterocycles. The van der Waals surface area contributed by atoms with Crippen LogP contribution in [0.5, 0.6) is 5.75 Å². The fourth-order valence-corrected chi connectivity index (χ4v) is 2.09. The molecule has 1 heterocycles. The van der Waals surface area contributed by atoms with Gasteiger partial charge in [0.15, 0.2) is 0 Å². The Hall–Kier alpha value is -1.38. The lowest BCUT2D eigenvalue weighted by Gasteiger charge is -2.10. The predicted octanol–water partition coefficient (Wildman–Crippen LogP) is 2.71. The lowest BCUT2D eigenvalue weighted by atomic mass is 9.99. The first-order chi connectivity index (χ1) is 7.81. The topological polar surface area (TPSA) is 39.2 Å². The smallest absolute Gasteiger partial charge is 0.140 e. The molecule has 2 rings (SSSR count). The molecule has 0 spiro atoms. The van der Waals surface area contributed by atoms with Crippen molar-refractivity contribution in [3.05, 3.63) is 24.0 Å². The second-order valence-corrected chi connectivity index (χ2v) is 4.21. The first kappa shape index (κ1) is 11.1. The van der Waals surface area contributed by atoms with E-state index in [-0.39, 0.29) is 5.92 Å². The highest BCUT2D eigenvalue weighted by molar-refractivity contribution is 5.87. The van der Waals surface area contributed by atoms with Crippen molar-refractivity contribution in [1.29, 1.82) is 0 Å². The quantitative estimate of drug-likeness (QED) is 0.781. The van der Waals surface area contributed by atoms with Gasteiger partial charge in [0.05, 0.1) is 12.8 Å². The second-order valence-electron chi connectivity index (χ2n) is 4.21. The highest BCUT2D eigenvalue weighted by atomic mass is 16.5. The summed E-state index contributed by atoms with van der Waals surface area (Å²) >= 11 is 0. The fourth-order valence-electron chi connectivity index (χ4n) is 2.09. The number of ether oxygens (including phenoxy) is 1. The monoisotopic (exact) mass is 219 g/mol. The summed E-state index contributed by atoms with van der Waals surface area (Å²) in [4.78, 5) is 15.8. The molecule has 86 valence electrons. The molecule has 0 aromatic carbocycles. The Labute approximate surface area is 95.8 Å². The van der Waals surface area contributed by atoms with E-state index in [1.807, 2.05) is 6.07 Å². The zero-order valence-corrected chi connectivity index (χ0v) is 9.61. The van der Waals surface area contributed by atoms with Crippen LogP contribution in [0.1, 0.15) is 44.1 Å². The third-order valence-corrected chi connectivity index (χ3v) is 2.91. The molecule has 3 heteroatoms. The van der Waals surface area contributed by atoms with E-state index < -0.39 is 0 Å². The Kier molecular flexibility index (Phi) is 3.54. The number of carbonyl (C=O) groups excluding carboxylic acids is 1. The van der Waals surface area contributed by atoms with E-state index >= 15 is 0 Å². The maximum Gasteiger partial charge on any atom is 0.140 e. The van der Waals surface area contributed by atoms with E-state index in [0.29, 0.717) is 18.8 Å². The van der Waals surface area contributed by atoms with Gasteiger partial charge >= 0.3 is 0 Å². The summed E-state index contributed by atoms with van der Waals surface area (Å²) in [6.45, 7) is 2.77. The molecule has 3 nitrogen and oxygen atoms in total. The van der Waals surface area contributed by atoms with Crippen molar-refractivity contribution in [3.8, 4) is 5.75 Å². The molecule has 1 fully saturated rings. The number of ketones is 1. The molecule has 0 amide bonds. The molecule has 0 saturated heterocycles. The van der Waals surface area contributed by atoms with Gasteiger partial charge in [0, 0.05) is 18.5 Å². The molecular weight excluding hydrogens is 202 g/mol. The fraction of sp³-hybridized carbons (Fsp3) is 0.538. The summed E-state index contributed by atoms with van der Waals surface area (Å²) in [7, 11) is 0. The van der Waals surface area contributed by atoms with Gasteiger partial charge in [0.25, 0.3) is 0 Å². The van der Waals surface area contributed by atoms with Crippen molar-refractivity contribution >= 4 is 5.78 Å². The molecule has 0 aliphatic heterocycles. The van der Waals surface area contributed by atoms with Gasteiger partial charge in [-0.25, -0.2) is 0 Å². The molecular formula is C13H17NO2. The highest BCUT2D eigenvalue weighted by Crippen LogP contribution is 2.32. The number of rotatable bonds is 4. The van der Waals surface area contributed by atoms with Crippen molar-refractivity contribution in [3.63, 3.8) is 0 Å². The van der Waals surface area contributed by atoms with Gasteiger partial charge in [-0.05, 0) is 30.9 Å². The van der Waals surface area contributed by atoms with Gasteiger partial charge < -0.3 is 4.74 Å². The Balaban J connectivity index is 2.12. The molecule has 0 N–H and O–H groups in total. The van der Waals surface area contributed by atoms with E-state index in [4.69, 9.17) is 4.74 Å². The molecule has 1 aliphatic carbocycles. The molecule has 1 aliphatic rings. The lowest BCUT2D eigenvalue weighted by Crippen LogP contribution is -2.05. The van der Waals surface area contributed by atoms with Crippen LogP contribution in [0, 0.1) is 0 Å². The van der Waals surface area contributed by atoms with Crippen molar-refractivity contribution in [2.45, 2.75) is 38.5 Å². The van der Waals surface area contributed by atoms with Gasteiger partial charge in [-0.1, -0.05) is 6.92 Å². The minimum absolute atomic E-state index is 0.0534. The maximum absolute atomic E-state index is 11.6. The number of Topliss-reactive ketones (excluding diaryl/α,β-unsaturated/α-hetero) is 1. The summed E-state index contributed by atoms with van der Waals surface area (Å²) in [5.74, 6) is 1.17. The average molecular weight is 219 g/mol. The van der Waals surface area contributed by atoms with E-state index in [1.54, 1.807) is 12.4 Å². The Bertz CT molecular complexity index is 376. The van der Waals surface area contributed by atoms with Crippen LogP contribution in [0.15, 0.2) is 18.5 Å². The Morgan fingerprint density at radius 1 is 1.50 bits per heavy atom. The summed E-state index contributed by atoms with van der Waals surface area (Å²) in [5, 5.41) is 0. The summed E-state index contributed by atoms with van der Waals surface area (Å²) in [5.41, 5.74) is 1.01. The minimum atomic E-state index is 0.0534. The summed E-state index contributed by atoms with van der Waals surface area (Å²) in [6.07, 6.45) is 7.14. The Morgan fingerprint density at radius 2 is 2.38 bits per heavy atom. The van der Waals surface area contributed by atoms with E-state index in [2.05, 4.69) is 11.9 Å². The zero-order valence-electron chi connectivity index (χ0n) is 9.61. The number of hydrogen-bond acceptors (Lipinski definition) is 3. The molecule has 0 bridgehead atoms. The number of pyridine rings is 1. The van der Waals surface area contributed by atoms with Crippen molar-refractivity contribution in [1.82, 2.24) is 4.98 Å². The zero-order chi connectivity index (χ0) is 11.4. The van der Waals surface area contributed by atoms with Gasteiger partial charge in [0.1, 0.15) is 11.5 Å².